The average Bonchev–Trinajstić information content (AvgIpc) is 3.61. The minimum absolute atomic E-state index is 0.0461. The molecule has 0 radical (unpaired) electrons. The molecule has 1 unspecified atom stereocenters. The molecular weight excluding hydrogens is 783 g/mol. The second kappa shape index (κ2) is 18.3. The van der Waals surface area contributed by atoms with Gasteiger partial charge in [0.2, 0.25) is 5.91 Å². The Morgan fingerprint density at radius 1 is 0.796 bits per heavy atom. The Hall–Kier alpha value is -5.75. The van der Waals surface area contributed by atoms with Crippen molar-refractivity contribution in [2.24, 2.45) is 0 Å². The standard InChI is InChI=1S/C43H34BrN3O5S2/c1-2-52-43(51)37-35(29-15-6-3-7-16-29)27-53-42(37)47-41(50)38(30-17-8-4-9-18-30)54-34-23-13-22-33(26-34)45-40(49)36(25-28-14-12-21-32(44)24-28)46-39(48)31-19-10-5-11-20-31/h3-27,38H,2H2,1H3,(H,45,49)(H,46,48)(H,47,50)/b36-25+. The Morgan fingerprint density at radius 2 is 1.48 bits per heavy atom. The summed E-state index contributed by atoms with van der Waals surface area (Å²) in [4.78, 5) is 55.0. The molecule has 0 aliphatic heterocycles. The van der Waals surface area contributed by atoms with Crippen molar-refractivity contribution in [1.82, 2.24) is 5.32 Å². The summed E-state index contributed by atoms with van der Waals surface area (Å²) in [5.74, 6) is -1.82. The third-order valence-corrected chi connectivity index (χ3v) is 10.6. The van der Waals surface area contributed by atoms with Crippen LogP contribution in [0.1, 0.15) is 44.0 Å². The van der Waals surface area contributed by atoms with Gasteiger partial charge < -0.3 is 20.7 Å². The number of esters is 1. The van der Waals surface area contributed by atoms with Crippen LogP contribution in [0.2, 0.25) is 0 Å². The molecule has 0 saturated carbocycles. The fourth-order valence-electron chi connectivity index (χ4n) is 5.45. The van der Waals surface area contributed by atoms with E-state index in [0.29, 0.717) is 37.8 Å². The van der Waals surface area contributed by atoms with Gasteiger partial charge in [0, 0.05) is 31.6 Å². The summed E-state index contributed by atoms with van der Waals surface area (Å²) in [7, 11) is 0. The van der Waals surface area contributed by atoms with Crippen molar-refractivity contribution in [2.45, 2.75) is 17.1 Å². The molecule has 1 atom stereocenters. The third kappa shape index (κ3) is 9.81. The van der Waals surface area contributed by atoms with Crippen molar-refractivity contribution in [1.29, 1.82) is 0 Å². The Bertz CT molecular complexity index is 2300. The number of thioether (sulfide) groups is 1. The Labute approximate surface area is 329 Å². The van der Waals surface area contributed by atoms with Crippen LogP contribution in [0.25, 0.3) is 17.2 Å². The lowest BCUT2D eigenvalue weighted by Crippen LogP contribution is -2.30. The van der Waals surface area contributed by atoms with Crippen molar-refractivity contribution in [3.63, 3.8) is 0 Å². The SMILES string of the molecule is CCOC(=O)c1c(-c2ccccc2)csc1NC(=O)C(Sc1cccc(NC(=O)/C(=C\c2cccc(Br)c2)NC(=O)c2ccccc2)c1)c1ccccc1. The summed E-state index contributed by atoms with van der Waals surface area (Å²) < 4.78 is 6.22. The van der Waals surface area contributed by atoms with Crippen molar-refractivity contribution in [2.75, 3.05) is 17.2 Å². The Balaban J connectivity index is 1.26. The second-order valence-electron chi connectivity index (χ2n) is 11.8. The van der Waals surface area contributed by atoms with Crippen LogP contribution in [0.4, 0.5) is 10.7 Å². The fraction of sp³-hybridized carbons (Fsp3) is 0.0698. The van der Waals surface area contributed by atoms with Crippen molar-refractivity contribution < 1.29 is 23.9 Å². The molecule has 6 rings (SSSR count). The molecule has 3 amide bonds. The predicted molar refractivity (Wildman–Crippen MR) is 220 cm³/mol. The maximum atomic E-state index is 14.2. The number of ether oxygens (including phenoxy) is 1. The van der Waals surface area contributed by atoms with Gasteiger partial charge in [0.05, 0.1) is 6.61 Å². The number of halogens is 1. The largest absolute Gasteiger partial charge is 0.462 e. The maximum Gasteiger partial charge on any atom is 0.341 e. The molecule has 8 nitrogen and oxygen atoms in total. The van der Waals surface area contributed by atoms with E-state index in [1.54, 1.807) is 55.5 Å². The third-order valence-electron chi connectivity index (χ3n) is 7.97. The Kier molecular flexibility index (Phi) is 12.9. The van der Waals surface area contributed by atoms with E-state index >= 15 is 0 Å². The van der Waals surface area contributed by atoms with E-state index in [1.165, 1.54) is 23.1 Å². The van der Waals surface area contributed by atoms with Gasteiger partial charge in [0.15, 0.2) is 0 Å². The molecule has 0 aliphatic carbocycles. The number of hydrogen-bond donors (Lipinski definition) is 3. The van der Waals surface area contributed by atoms with Crippen molar-refractivity contribution in [3.8, 4) is 11.1 Å². The van der Waals surface area contributed by atoms with Crippen LogP contribution in [0.3, 0.4) is 0 Å². The maximum absolute atomic E-state index is 14.2. The van der Waals surface area contributed by atoms with Gasteiger partial charge in [-0.1, -0.05) is 113 Å². The number of anilines is 2. The molecule has 0 fully saturated rings. The minimum Gasteiger partial charge on any atom is -0.462 e. The Morgan fingerprint density at radius 3 is 2.19 bits per heavy atom. The van der Waals surface area contributed by atoms with E-state index in [0.717, 1.165) is 15.6 Å². The summed E-state index contributed by atoms with van der Waals surface area (Å²) in [6, 6.07) is 42.0. The fourth-order valence-corrected chi connectivity index (χ4v) is 7.91. The van der Waals surface area contributed by atoms with Crippen LogP contribution >= 0.6 is 39.0 Å². The molecule has 11 heteroatoms. The zero-order valence-electron chi connectivity index (χ0n) is 29.0. The number of amides is 3. The van der Waals surface area contributed by atoms with Gasteiger partial charge in [0.25, 0.3) is 11.8 Å². The number of hydrogen-bond acceptors (Lipinski definition) is 7. The molecule has 54 heavy (non-hydrogen) atoms. The summed E-state index contributed by atoms with van der Waals surface area (Å²) >= 11 is 6.02. The van der Waals surface area contributed by atoms with Gasteiger partial charge >= 0.3 is 5.97 Å². The molecule has 3 N–H and O–H groups in total. The highest BCUT2D eigenvalue weighted by molar-refractivity contribution is 9.10. The van der Waals surface area contributed by atoms with Crippen LogP contribution in [-0.4, -0.2) is 30.3 Å². The zero-order valence-corrected chi connectivity index (χ0v) is 32.2. The van der Waals surface area contributed by atoms with Crippen LogP contribution in [0.15, 0.2) is 160 Å². The molecule has 0 aliphatic rings. The van der Waals surface area contributed by atoms with E-state index in [1.807, 2.05) is 102 Å². The molecule has 0 saturated heterocycles. The van der Waals surface area contributed by atoms with Crippen LogP contribution in [-0.2, 0) is 14.3 Å². The number of carbonyl (C=O) groups is 4. The first-order valence-electron chi connectivity index (χ1n) is 16.9. The van der Waals surface area contributed by atoms with E-state index in [9.17, 15) is 19.2 Å². The summed E-state index contributed by atoms with van der Waals surface area (Å²) in [5, 5.41) is 10.2. The number of carbonyl (C=O) groups excluding carboxylic acids is 4. The number of rotatable bonds is 13. The van der Waals surface area contributed by atoms with E-state index in [-0.39, 0.29) is 18.2 Å². The van der Waals surface area contributed by atoms with Gasteiger partial charge in [-0.25, -0.2) is 4.79 Å². The average molecular weight is 817 g/mol. The first kappa shape index (κ1) is 38.0. The first-order chi connectivity index (χ1) is 26.3. The van der Waals surface area contributed by atoms with E-state index in [4.69, 9.17) is 4.74 Å². The van der Waals surface area contributed by atoms with Crippen LogP contribution in [0.5, 0.6) is 0 Å². The molecular formula is C43H34BrN3O5S2. The summed E-state index contributed by atoms with van der Waals surface area (Å²) in [6.07, 6.45) is 1.60. The number of nitrogens with one attached hydrogen (secondary N) is 3. The second-order valence-corrected chi connectivity index (χ2v) is 14.7. The normalized spacial score (nSPS) is 11.6. The lowest BCUT2D eigenvalue weighted by Gasteiger charge is -2.18. The van der Waals surface area contributed by atoms with Gasteiger partial charge in [0.1, 0.15) is 21.5 Å². The van der Waals surface area contributed by atoms with Crippen LogP contribution in [0, 0.1) is 0 Å². The molecule has 1 heterocycles. The molecule has 0 spiro atoms. The zero-order chi connectivity index (χ0) is 37.9. The lowest BCUT2D eigenvalue weighted by molar-refractivity contribution is -0.116. The smallest absolute Gasteiger partial charge is 0.341 e. The van der Waals surface area contributed by atoms with Gasteiger partial charge in [-0.15, -0.1) is 23.1 Å². The van der Waals surface area contributed by atoms with Gasteiger partial charge in [-0.2, -0.15) is 0 Å². The number of thiophene rings is 1. The molecule has 6 aromatic rings. The van der Waals surface area contributed by atoms with Crippen molar-refractivity contribution in [3.05, 3.63) is 177 Å². The van der Waals surface area contributed by atoms with E-state index < -0.39 is 23.0 Å². The topological polar surface area (TPSA) is 114 Å². The molecule has 5 aromatic carbocycles. The highest BCUT2D eigenvalue weighted by Gasteiger charge is 2.27. The quantitative estimate of drug-likeness (QED) is 0.0608. The first-order valence-corrected chi connectivity index (χ1v) is 19.5. The van der Waals surface area contributed by atoms with Crippen molar-refractivity contribution >= 4 is 79.5 Å². The predicted octanol–water partition coefficient (Wildman–Crippen LogP) is 10.2. The lowest BCUT2D eigenvalue weighted by atomic mass is 10.0. The highest BCUT2D eigenvalue weighted by Crippen LogP contribution is 2.40. The summed E-state index contributed by atoms with van der Waals surface area (Å²) in [5.41, 5.74) is 4.17. The number of benzene rings is 5. The van der Waals surface area contributed by atoms with Gasteiger partial charge in [-0.05, 0) is 72.2 Å². The monoisotopic (exact) mass is 815 g/mol. The molecule has 0 bridgehead atoms. The molecule has 1 aromatic heterocycles. The minimum atomic E-state index is -0.730. The van der Waals surface area contributed by atoms with E-state index in [2.05, 4.69) is 31.9 Å². The summed E-state index contributed by atoms with van der Waals surface area (Å²) in [6.45, 7) is 1.93. The van der Waals surface area contributed by atoms with Crippen LogP contribution < -0.4 is 16.0 Å². The highest BCUT2D eigenvalue weighted by atomic mass is 79.9. The van der Waals surface area contributed by atoms with Gasteiger partial charge in [-0.3, -0.25) is 14.4 Å². The molecule has 270 valence electrons.